The number of amides is 1. The first-order valence-electron chi connectivity index (χ1n) is 10.7. The van der Waals surface area contributed by atoms with Crippen molar-refractivity contribution in [2.24, 2.45) is 0 Å². The van der Waals surface area contributed by atoms with Gasteiger partial charge in [-0.15, -0.1) is 0 Å². The summed E-state index contributed by atoms with van der Waals surface area (Å²) >= 11 is 6.11. The van der Waals surface area contributed by atoms with Gasteiger partial charge in [0, 0.05) is 19.0 Å². The van der Waals surface area contributed by atoms with Crippen LogP contribution in [-0.2, 0) is 17.5 Å². The highest BCUT2D eigenvalue weighted by Crippen LogP contribution is 2.33. The van der Waals surface area contributed by atoms with Gasteiger partial charge in [0.05, 0.1) is 10.7 Å². The van der Waals surface area contributed by atoms with Gasteiger partial charge >= 0.3 is 6.18 Å². The van der Waals surface area contributed by atoms with Crippen LogP contribution in [0.15, 0.2) is 78.9 Å². The molecule has 0 radical (unpaired) electrons. The third-order valence-electron chi connectivity index (χ3n) is 5.02. The van der Waals surface area contributed by atoms with Gasteiger partial charge in [-0.25, -0.2) is 0 Å². The number of allylic oxidation sites excluding steroid dienone is 2. The van der Waals surface area contributed by atoms with Crippen LogP contribution >= 0.6 is 11.6 Å². The number of hydrogen-bond donors (Lipinski definition) is 1. The molecule has 1 aromatic heterocycles. The number of alkyl halides is 3. The topological polar surface area (TPSA) is 65.4 Å². The molecule has 6 nitrogen and oxygen atoms in total. The van der Waals surface area contributed by atoms with E-state index in [0.717, 1.165) is 22.7 Å². The zero-order chi connectivity index (χ0) is 24.8. The zero-order valence-corrected chi connectivity index (χ0v) is 19.1. The molecule has 1 unspecified atom stereocenters. The van der Waals surface area contributed by atoms with Crippen molar-refractivity contribution in [1.29, 1.82) is 0 Å². The minimum Gasteiger partial charge on any atom is -0.486 e. The first kappa shape index (κ1) is 24.4. The number of benzene rings is 2. The standard InChI is InChI=1S/C25H21ClF3N3O3/c26-20-11-4-5-12-21(20)32-24(14-22(31-32)25(27,28)29)34-16-23(33)30-15-17-7-6-10-19(13-17)35-18-8-2-1-3-9-18/h1-8,10-14,18H,9,15-16H2,(H,30,33). The van der Waals surface area contributed by atoms with E-state index in [1.807, 2.05) is 48.6 Å². The van der Waals surface area contributed by atoms with Gasteiger partial charge in [-0.2, -0.15) is 23.0 Å². The highest BCUT2D eigenvalue weighted by Gasteiger charge is 2.36. The molecule has 0 saturated heterocycles. The van der Waals surface area contributed by atoms with Gasteiger partial charge in [0.15, 0.2) is 12.3 Å². The van der Waals surface area contributed by atoms with E-state index in [1.165, 1.54) is 12.1 Å². The molecule has 0 spiro atoms. The Bertz CT molecular complexity index is 1250. The Morgan fingerprint density at radius 1 is 1.14 bits per heavy atom. The second-order valence-corrected chi connectivity index (χ2v) is 8.05. The molecule has 0 saturated carbocycles. The first-order valence-corrected chi connectivity index (χ1v) is 11.1. The molecular weight excluding hydrogens is 483 g/mol. The quantitative estimate of drug-likeness (QED) is 0.440. The van der Waals surface area contributed by atoms with Gasteiger partial charge < -0.3 is 14.8 Å². The first-order chi connectivity index (χ1) is 16.8. The average molecular weight is 504 g/mol. The van der Waals surface area contributed by atoms with E-state index in [4.69, 9.17) is 21.1 Å². The van der Waals surface area contributed by atoms with E-state index in [0.29, 0.717) is 5.75 Å². The van der Waals surface area contributed by atoms with Crippen LogP contribution in [0.25, 0.3) is 5.69 Å². The van der Waals surface area contributed by atoms with E-state index in [-0.39, 0.29) is 29.2 Å². The molecule has 0 aliphatic heterocycles. The normalized spacial score (nSPS) is 15.1. The molecule has 1 heterocycles. The van der Waals surface area contributed by atoms with E-state index in [1.54, 1.807) is 12.1 Å². The fraction of sp³-hybridized carbons (Fsp3) is 0.200. The zero-order valence-electron chi connectivity index (χ0n) is 18.3. The lowest BCUT2D eigenvalue weighted by Crippen LogP contribution is -2.28. The average Bonchev–Trinajstić information content (AvgIpc) is 3.27. The molecule has 2 aromatic carbocycles. The minimum absolute atomic E-state index is 0.0530. The Hall–Kier alpha value is -3.72. The van der Waals surface area contributed by atoms with Crippen LogP contribution in [0.1, 0.15) is 17.7 Å². The summed E-state index contributed by atoms with van der Waals surface area (Å²) < 4.78 is 51.9. The number of carbonyl (C=O) groups is 1. The highest BCUT2D eigenvalue weighted by molar-refractivity contribution is 6.32. The van der Waals surface area contributed by atoms with Gasteiger partial charge in [0.2, 0.25) is 5.88 Å². The fourth-order valence-corrected chi connectivity index (χ4v) is 3.56. The smallest absolute Gasteiger partial charge is 0.435 e. The van der Waals surface area contributed by atoms with E-state index >= 15 is 0 Å². The van der Waals surface area contributed by atoms with Gasteiger partial charge in [0.1, 0.15) is 11.9 Å². The maximum absolute atomic E-state index is 13.2. The molecule has 1 N–H and O–H groups in total. The SMILES string of the molecule is O=C(COc1cc(C(F)(F)F)nn1-c1ccccc1Cl)NCc1cccc(OC2C=CC=CC2)c1. The predicted octanol–water partition coefficient (Wildman–Crippen LogP) is 5.50. The van der Waals surface area contributed by atoms with Crippen LogP contribution in [0, 0.1) is 0 Å². The largest absolute Gasteiger partial charge is 0.486 e. The molecule has 35 heavy (non-hydrogen) atoms. The Morgan fingerprint density at radius 3 is 2.71 bits per heavy atom. The van der Waals surface area contributed by atoms with Crippen LogP contribution in [0.4, 0.5) is 13.2 Å². The van der Waals surface area contributed by atoms with Crippen LogP contribution in [0.2, 0.25) is 5.02 Å². The summed E-state index contributed by atoms with van der Waals surface area (Å²) in [5.41, 5.74) is -0.167. The Morgan fingerprint density at radius 2 is 1.97 bits per heavy atom. The number of nitrogens with zero attached hydrogens (tertiary/aromatic N) is 2. The second-order valence-electron chi connectivity index (χ2n) is 7.65. The lowest BCUT2D eigenvalue weighted by atomic mass is 10.1. The van der Waals surface area contributed by atoms with Gasteiger partial charge in [0.25, 0.3) is 5.91 Å². The monoisotopic (exact) mass is 503 g/mol. The number of para-hydroxylation sites is 1. The predicted molar refractivity (Wildman–Crippen MR) is 125 cm³/mol. The summed E-state index contributed by atoms with van der Waals surface area (Å²) in [5, 5.41) is 6.44. The third kappa shape index (κ3) is 6.45. The maximum atomic E-state index is 13.2. The Labute approximate surface area is 204 Å². The Kier molecular flexibility index (Phi) is 7.45. The van der Waals surface area contributed by atoms with Crippen LogP contribution < -0.4 is 14.8 Å². The number of halogens is 4. The summed E-state index contributed by atoms with van der Waals surface area (Å²) in [6.45, 7) is -0.319. The van der Waals surface area contributed by atoms with Crippen molar-refractivity contribution in [1.82, 2.24) is 15.1 Å². The fourth-order valence-electron chi connectivity index (χ4n) is 3.34. The van der Waals surface area contributed by atoms with Crippen LogP contribution in [0.3, 0.4) is 0 Å². The van der Waals surface area contributed by atoms with Crippen molar-refractivity contribution in [2.75, 3.05) is 6.61 Å². The van der Waals surface area contributed by atoms with Gasteiger partial charge in [-0.05, 0) is 35.9 Å². The lowest BCUT2D eigenvalue weighted by Gasteiger charge is -2.16. The second kappa shape index (κ2) is 10.7. The van der Waals surface area contributed by atoms with Crippen molar-refractivity contribution in [3.8, 4) is 17.3 Å². The Balaban J connectivity index is 1.38. The van der Waals surface area contributed by atoms with Crippen molar-refractivity contribution >= 4 is 17.5 Å². The van der Waals surface area contributed by atoms with Crippen molar-refractivity contribution in [3.05, 3.63) is 95.2 Å². The number of aromatic nitrogens is 2. The number of hydrogen-bond acceptors (Lipinski definition) is 4. The molecule has 1 amide bonds. The molecule has 1 aliphatic carbocycles. The summed E-state index contributed by atoms with van der Waals surface area (Å²) in [6.07, 6.45) is 3.89. The van der Waals surface area contributed by atoms with E-state index in [9.17, 15) is 18.0 Å². The number of nitrogens with one attached hydrogen (secondary N) is 1. The third-order valence-corrected chi connectivity index (χ3v) is 5.34. The van der Waals surface area contributed by atoms with Crippen molar-refractivity contribution in [2.45, 2.75) is 25.2 Å². The molecular formula is C25H21ClF3N3O3. The van der Waals surface area contributed by atoms with E-state index in [2.05, 4.69) is 10.4 Å². The van der Waals surface area contributed by atoms with Crippen LogP contribution in [0.5, 0.6) is 11.6 Å². The summed E-state index contributed by atoms with van der Waals surface area (Å²) in [7, 11) is 0. The molecule has 0 fully saturated rings. The molecule has 3 aromatic rings. The van der Waals surface area contributed by atoms with Crippen molar-refractivity contribution < 1.29 is 27.4 Å². The molecule has 1 atom stereocenters. The highest BCUT2D eigenvalue weighted by atomic mass is 35.5. The number of ether oxygens (including phenoxy) is 2. The van der Waals surface area contributed by atoms with Crippen LogP contribution in [-0.4, -0.2) is 28.4 Å². The van der Waals surface area contributed by atoms with Gasteiger partial charge in [-0.3, -0.25) is 4.79 Å². The summed E-state index contributed by atoms with van der Waals surface area (Å²) in [4.78, 5) is 12.3. The summed E-state index contributed by atoms with van der Waals surface area (Å²) in [6, 6.07) is 14.3. The maximum Gasteiger partial charge on any atom is 0.435 e. The number of rotatable bonds is 8. The van der Waals surface area contributed by atoms with E-state index < -0.39 is 24.4 Å². The molecule has 182 valence electrons. The lowest BCUT2D eigenvalue weighted by molar-refractivity contribution is -0.141. The van der Waals surface area contributed by atoms with Crippen molar-refractivity contribution in [3.63, 3.8) is 0 Å². The molecule has 4 rings (SSSR count). The molecule has 0 bridgehead atoms. The molecule has 10 heteroatoms. The number of carbonyl (C=O) groups excluding carboxylic acids is 1. The van der Waals surface area contributed by atoms with Gasteiger partial charge in [-0.1, -0.05) is 54.1 Å². The molecule has 1 aliphatic rings. The summed E-state index contributed by atoms with van der Waals surface area (Å²) in [5.74, 6) is -0.107. The minimum atomic E-state index is -4.69.